The van der Waals surface area contributed by atoms with Gasteiger partial charge in [-0.05, 0) is 49.9 Å². The summed E-state index contributed by atoms with van der Waals surface area (Å²) in [6.07, 6.45) is 8.99. The molecule has 0 aromatic carbocycles. The number of hydrogen-bond donors (Lipinski definition) is 0. The zero-order valence-corrected chi connectivity index (χ0v) is 10.6. The molecule has 0 aliphatic heterocycles. The van der Waals surface area contributed by atoms with E-state index in [4.69, 9.17) is 0 Å². The normalized spacial score (nSPS) is 35.9. The quantitative estimate of drug-likeness (QED) is 0.586. The van der Waals surface area contributed by atoms with E-state index in [1.54, 1.807) is 11.1 Å². The molecule has 0 spiro atoms. The van der Waals surface area contributed by atoms with Crippen LogP contribution >= 0.6 is 0 Å². The van der Waals surface area contributed by atoms with E-state index in [9.17, 15) is 0 Å². The van der Waals surface area contributed by atoms with E-state index in [1.807, 2.05) is 0 Å². The van der Waals surface area contributed by atoms with Gasteiger partial charge < -0.3 is 0 Å². The summed E-state index contributed by atoms with van der Waals surface area (Å²) in [5.74, 6) is 3.46. The Labute approximate surface area is 94.5 Å². The molecule has 84 valence electrons. The molecule has 0 amide bonds. The van der Waals surface area contributed by atoms with E-state index in [0.29, 0.717) is 0 Å². The van der Waals surface area contributed by atoms with Crippen molar-refractivity contribution in [2.45, 2.75) is 47.0 Å². The molecule has 0 radical (unpaired) electrons. The third-order valence-corrected chi connectivity index (χ3v) is 4.54. The lowest BCUT2D eigenvalue weighted by atomic mass is 9.81. The summed E-state index contributed by atoms with van der Waals surface area (Å²) in [5.41, 5.74) is 3.29. The van der Waals surface area contributed by atoms with Crippen molar-refractivity contribution in [3.05, 3.63) is 23.3 Å². The molecule has 1 fully saturated rings. The van der Waals surface area contributed by atoms with Crippen LogP contribution in [0.5, 0.6) is 0 Å². The third kappa shape index (κ3) is 2.04. The second-order valence-electron chi connectivity index (χ2n) is 5.84. The van der Waals surface area contributed by atoms with E-state index in [-0.39, 0.29) is 0 Å². The highest BCUT2D eigenvalue weighted by Crippen LogP contribution is 2.46. The lowest BCUT2D eigenvalue weighted by Crippen LogP contribution is -2.15. The summed E-state index contributed by atoms with van der Waals surface area (Å²) in [6, 6.07) is 0. The molecular formula is C15H24. The van der Waals surface area contributed by atoms with Crippen molar-refractivity contribution in [3.63, 3.8) is 0 Å². The smallest absolute Gasteiger partial charge is 0.0169 e. The fourth-order valence-electron chi connectivity index (χ4n) is 3.31. The Morgan fingerprint density at radius 1 is 1.20 bits per heavy atom. The first-order chi connectivity index (χ1) is 7.09. The molecule has 2 aliphatic carbocycles. The van der Waals surface area contributed by atoms with Crippen LogP contribution in [0.2, 0.25) is 0 Å². The Balaban J connectivity index is 2.24. The van der Waals surface area contributed by atoms with Crippen molar-refractivity contribution in [2.75, 3.05) is 0 Å². The van der Waals surface area contributed by atoms with Crippen LogP contribution in [0.25, 0.3) is 0 Å². The fraction of sp³-hybridized carbons (Fsp3) is 0.733. The van der Waals surface area contributed by atoms with Gasteiger partial charge in [-0.25, -0.2) is 0 Å². The molecule has 0 heteroatoms. The fourth-order valence-corrected chi connectivity index (χ4v) is 3.31. The number of rotatable bonds is 1. The van der Waals surface area contributed by atoms with Gasteiger partial charge in [0.2, 0.25) is 0 Å². The van der Waals surface area contributed by atoms with Crippen molar-refractivity contribution in [1.29, 1.82) is 0 Å². The molecule has 0 nitrogen and oxygen atoms in total. The predicted octanol–water partition coefficient (Wildman–Crippen LogP) is 4.58. The first-order valence-electron chi connectivity index (χ1n) is 6.47. The third-order valence-electron chi connectivity index (χ3n) is 4.54. The molecule has 0 aromatic rings. The van der Waals surface area contributed by atoms with Crippen LogP contribution in [-0.4, -0.2) is 0 Å². The van der Waals surface area contributed by atoms with Crippen LogP contribution < -0.4 is 0 Å². The molecule has 2 aliphatic rings. The Bertz CT molecular complexity index is 293. The van der Waals surface area contributed by atoms with Crippen molar-refractivity contribution >= 4 is 0 Å². The van der Waals surface area contributed by atoms with Crippen LogP contribution in [0.3, 0.4) is 0 Å². The summed E-state index contributed by atoms with van der Waals surface area (Å²) in [6.45, 7) is 9.43. The highest BCUT2D eigenvalue weighted by atomic mass is 14.4. The molecule has 1 saturated carbocycles. The highest BCUT2D eigenvalue weighted by Gasteiger charge is 2.35. The second kappa shape index (κ2) is 4.15. The van der Waals surface area contributed by atoms with Crippen LogP contribution in [0.4, 0.5) is 0 Å². The van der Waals surface area contributed by atoms with Gasteiger partial charge in [0.05, 0.1) is 0 Å². The molecule has 0 bridgehead atoms. The van der Waals surface area contributed by atoms with Gasteiger partial charge in [0, 0.05) is 0 Å². The van der Waals surface area contributed by atoms with E-state index in [1.165, 1.54) is 19.3 Å². The van der Waals surface area contributed by atoms with E-state index >= 15 is 0 Å². The number of fused-ring (bicyclic) bond motifs is 1. The maximum atomic E-state index is 2.45. The first kappa shape index (κ1) is 11.0. The largest absolute Gasteiger partial charge is 0.0699 e. The summed E-state index contributed by atoms with van der Waals surface area (Å²) in [4.78, 5) is 0. The summed E-state index contributed by atoms with van der Waals surface area (Å²) in [7, 11) is 0. The molecule has 2 rings (SSSR count). The predicted molar refractivity (Wildman–Crippen MR) is 66.7 cm³/mol. The van der Waals surface area contributed by atoms with Crippen molar-refractivity contribution in [2.24, 2.45) is 23.7 Å². The van der Waals surface area contributed by atoms with E-state index in [2.05, 4.69) is 39.8 Å². The van der Waals surface area contributed by atoms with Crippen molar-refractivity contribution in [3.8, 4) is 0 Å². The lowest BCUT2D eigenvalue weighted by Gasteiger charge is -2.24. The Morgan fingerprint density at radius 2 is 1.93 bits per heavy atom. The SMILES string of the molecule is CC1=CC=C(C(C)C)CC2C(C)CCC12. The standard InChI is InChI=1S/C15H24/c1-10(2)13-7-5-11(3)14-8-6-12(4)15(14)9-13/h5,7,10,12,14-15H,6,8-9H2,1-4H3. The second-order valence-corrected chi connectivity index (χ2v) is 5.84. The minimum absolute atomic E-state index is 0.723. The van der Waals surface area contributed by atoms with Crippen LogP contribution in [0, 0.1) is 23.7 Å². The summed E-state index contributed by atoms with van der Waals surface area (Å²) >= 11 is 0. The lowest BCUT2D eigenvalue weighted by molar-refractivity contribution is 0.350. The summed E-state index contributed by atoms with van der Waals surface area (Å²) in [5, 5.41) is 0. The van der Waals surface area contributed by atoms with Gasteiger partial charge in [0.25, 0.3) is 0 Å². The number of hydrogen-bond acceptors (Lipinski definition) is 0. The van der Waals surface area contributed by atoms with Gasteiger partial charge >= 0.3 is 0 Å². The molecule has 15 heavy (non-hydrogen) atoms. The maximum absolute atomic E-state index is 2.45. The highest BCUT2D eigenvalue weighted by molar-refractivity contribution is 5.25. The van der Waals surface area contributed by atoms with Crippen LogP contribution in [-0.2, 0) is 0 Å². The zero-order chi connectivity index (χ0) is 11.0. The maximum Gasteiger partial charge on any atom is -0.0169 e. The summed E-state index contributed by atoms with van der Waals surface area (Å²) < 4.78 is 0. The first-order valence-corrected chi connectivity index (χ1v) is 6.47. The topological polar surface area (TPSA) is 0 Å². The van der Waals surface area contributed by atoms with Gasteiger partial charge in [-0.1, -0.05) is 44.1 Å². The van der Waals surface area contributed by atoms with Crippen LogP contribution in [0.1, 0.15) is 47.0 Å². The molecule has 0 aromatic heterocycles. The van der Waals surface area contributed by atoms with Gasteiger partial charge in [0.1, 0.15) is 0 Å². The van der Waals surface area contributed by atoms with Gasteiger partial charge in [0.15, 0.2) is 0 Å². The van der Waals surface area contributed by atoms with Crippen LogP contribution in [0.15, 0.2) is 23.3 Å². The molecular weight excluding hydrogens is 180 g/mol. The van der Waals surface area contributed by atoms with E-state index in [0.717, 1.165) is 23.7 Å². The average molecular weight is 204 g/mol. The van der Waals surface area contributed by atoms with Crippen molar-refractivity contribution < 1.29 is 0 Å². The Kier molecular flexibility index (Phi) is 3.04. The molecule has 0 saturated heterocycles. The van der Waals surface area contributed by atoms with Gasteiger partial charge in [-0.2, -0.15) is 0 Å². The average Bonchev–Trinajstić information content (AvgIpc) is 2.43. The van der Waals surface area contributed by atoms with Crippen molar-refractivity contribution in [1.82, 2.24) is 0 Å². The molecule has 0 heterocycles. The Morgan fingerprint density at radius 3 is 2.60 bits per heavy atom. The van der Waals surface area contributed by atoms with Gasteiger partial charge in [-0.3, -0.25) is 0 Å². The van der Waals surface area contributed by atoms with E-state index < -0.39 is 0 Å². The Hall–Kier alpha value is -0.520. The minimum atomic E-state index is 0.723. The minimum Gasteiger partial charge on any atom is -0.0699 e. The molecule has 3 atom stereocenters. The number of allylic oxidation sites excluding steroid dienone is 4. The molecule has 0 N–H and O–H groups in total. The molecule has 3 unspecified atom stereocenters. The van der Waals surface area contributed by atoms with Gasteiger partial charge in [-0.15, -0.1) is 0 Å². The zero-order valence-electron chi connectivity index (χ0n) is 10.6. The monoisotopic (exact) mass is 204 g/mol.